The average Bonchev–Trinajstić information content (AvgIpc) is 2.86. The zero-order valence-corrected chi connectivity index (χ0v) is 15.7. The third-order valence-corrected chi connectivity index (χ3v) is 7.48. The molecule has 0 spiro atoms. The van der Waals surface area contributed by atoms with E-state index in [4.69, 9.17) is 0 Å². The number of carbonyl (C=O) groups is 3. The molecule has 2 atom stereocenters. The van der Waals surface area contributed by atoms with Crippen LogP contribution < -0.4 is 0 Å². The Labute approximate surface area is 157 Å². The van der Waals surface area contributed by atoms with E-state index in [2.05, 4.69) is 0 Å². The molecule has 3 aliphatic rings. The Hall–Kier alpha value is -2.32. The van der Waals surface area contributed by atoms with E-state index in [1.165, 1.54) is 40.4 Å². The first kappa shape index (κ1) is 18.1. The molecule has 1 aromatic carbocycles. The summed E-state index contributed by atoms with van der Waals surface area (Å²) in [6.07, 6.45) is 5.00. The molecule has 7 nitrogen and oxygen atoms in total. The zero-order valence-electron chi connectivity index (χ0n) is 14.9. The summed E-state index contributed by atoms with van der Waals surface area (Å²) in [5.41, 5.74) is 0.444. The second kappa shape index (κ2) is 6.38. The van der Waals surface area contributed by atoms with Crippen LogP contribution in [-0.2, 0) is 19.6 Å². The number of imide groups is 1. The fraction of sp³-hybridized carbons (Fsp3) is 0.421. The minimum absolute atomic E-state index is 0.0999. The van der Waals surface area contributed by atoms with Crippen LogP contribution in [0.3, 0.4) is 0 Å². The van der Waals surface area contributed by atoms with Crippen LogP contribution in [0.2, 0.25) is 0 Å². The van der Waals surface area contributed by atoms with Crippen molar-refractivity contribution < 1.29 is 22.8 Å². The average molecular weight is 388 g/mol. The number of allylic oxidation sites excluding steroid dienone is 2. The summed E-state index contributed by atoms with van der Waals surface area (Å²) < 4.78 is 26.7. The van der Waals surface area contributed by atoms with Gasteiger partial charge >= 0.3 is 0 Å². The molecule has 2 aliphatic heterocycles. The molecule has 4 rings (SSSR count). The van der Waals surface area contributed by atoms with E-state index in [1.54, 1.807) is 0 Å². The van der Waals surface area contributed by atoms with E-state index in [0.717, 1.165) is 0 Å². The first-order valence-electron chi connectivity index (χ1n) is 8.94. The van der Waals surface area contributed by atoms with E-state index in [0.29, 0.717) is 18.4 Å². The molecule has 2 fully saturated rings. The highest BCUT2D eigenvalue weighted by molar-refractivity contribution is 7.89. The molecule has 0 saturated carbocycles. The maximum atomic E-state index is 12.7. The molecule has 0 aromatic heterocycles. The van der Waals surface area contributed by atoms with Gasteiger partial charge in [0.05, 0.1) is 22.8 Å². The fourth-order valence-electron chi connectivity index (χ4n) is 3.97. The summed E-state index contributed by atoms with van der Waals surface area (Å²) in [7, 11) is -3.71. The number of hydrogen-bond donors (Lipinski definition) is 0. The van der Waals surface area contributed by atoms with Gasteiger partial charge in [-0.05, 0) is 31.9 Å². The maximum Gasteiger partial charge on any atom is 0.243 e. The summed E-state index contributed by atoms with van der Waals surface area (Å²) in [5, 5.41) is 0. The molecular formula is C19H20N2O5S. The van der Waals surface area contributed by atoms with E-state index in [9.17, 15) is 22.8 Å². The normalized spacial score (nSPS) is 26.2. The van der Waals surface area contributed by atoms with Gasteiger partial charge in [0.25, 0.3) is 0 Å². The lowest BCUT2D eigenvalue weighted by Gasteiger charge is -2.42. The van der Waals surface area contributed by atoms with Crippen LogP contribution in [0, 0.1) is 11.8 Å². The molecule has 0 N–H and O–H groups in total. The Morgan fingerprint density at radius 2 is 1.48 bits per heavy atom. The molecular weight excluding hydrogens is 368 g/mol. The van der Waals surface area contributed by atoms with Gasteiger partial charge in [-0.2, -0.15) is 4.31 Å². The highest BCUT2D eigenvalue weighted by atomic mass is 32.2. The number of benzene rings is 1. The Kier molecular flexibility index (Phi) is 4.27. The number of rotatable bonds is 4. The number of carbonyl (C=O) groups excluding carboxylic acids is 3. The van der Waals surface area contributed by atoms with E-state index in [1.807, 2.05) is 12.2 Å². The summed E-state index contributed by atoms with van der Waals surface area (Å²) in [5.74, 6) is -1.09. The van der Waals surface area contributed by atoms with Crippen molar-refractivity contribution in [2.24, 2.45) is 11.8 Å². The minimum atomic E-state index is -3.71. The number of nitrogens with zero attached hydrogens (tertiary/aromatic N) is 2. The molecule has 2 unspecified atom stereocenters. The Morgan fingerprint density at radius 3 is 1.96 bits per heavy atom. The lowest BCUT2D eigenvalue weighted by molar-refractivity contribution is -0.145. The second-order valence-corrected chi connectivity index (χ2v) is 9.20. The van der Waals surface area contributed by atoms with Crippen molar-refractivity contribution in [1.29, 1.82) is 0 Å². The van der Waals surface area contributed by atoms with Crippen LogP contribution >= 0.6 is 0 Å². The van der Waals surface area contributed by atoms with Crippen molar-refractivity contribution in [2.45, 2.75) is 30.7 Å². The smallest absolute Gasteiger partial charge is 0.243 e. The zero-order chi connectivity index (χ0) is 19.3. The van der Waals surface area contributed by atoms with Gasteiger partial charge in [0.15, 0.2) is 5.78 Å². The Balaban J connectivity index is 1.46. The fourth-order valence-corrected chi connectivity index (χ4v) is 5.49. The highest BCUT2D eigenvalue weighted by Crippen LogP contribution is 2.38. The monoisotopic (exact) mass is 388 g/mol. The van der Waals surface area contributed by atoms with Crippen LogP contribution in [0.5, 0.6) is 0 Å². The molecule has 0 radical (unpaired) electrons. The van der Waals surface area contributed by atoms with Gasteiger partial charge in [-0.25, -0.2) is 8.42 Å². The van der Waals surface area contributed by atoms with Gasteiger partial charge in [-0.1, -0.05) is 24.3 Å². The van der Waals surface area contributed by atoms with Crippen molar-refractivity contribution in [2.75, 3.05) is 13.1 Å². The first-order valence-corrected chi connectivity index (χ1v) is 10.4. The van der Waals surface area contributed by atoms with Crippen molar-refractivity contribution in [3.8, 4) is 0 Å². The third-order valence-electron chi connectivity index (χ3n) is 5.63. The summed E-state index contributed by atoms with van der Waals surface area (Å²) in [6.45, 7) is 1.64. The molecule has 8 heteroatoms. The SMILES string of the molecule is CC(=O)c1ccc(S(=O)(=O)N2CC(N3C(=O)C4CC=CCC4C3=O)C2)cc1. The van der Waals surface area contributed by atoms with Crippen molar-refractivity contribution >= 4 is 27.6 Å². The number of sulfonamides is 1. The Bertz CT molecular complexity index is 919. The predicted octanol–water partition coefficient (Wildman–Crippen LogP) is 1.21. The third kappa shape index (κ3) is 2.83. The van der Waals surface area contributed by atoms with Crippen LogP contribution in [0.1, 0.15) is 30.1 Å². The van der Waals surface area contributed by atoms with Gasteiger partial charge in [-0.15, -0.1) is 0 Å². The van der Waals surface area contributed by atoms with Gasteiger partial charge in [0.2, 0.25) is 21.8 Å². The van der Waals surface area contributed by atoms with Gasteiger partial charge in [-0.3, -0.25) is 19.3 Å². The summed E-state index contributed by atoms with van der Waals surface area (Å²) in [6, 6.07) is 5.38. The number of fused-ring (bicyclic) bond motifs is 1. The summed E-state index contributed by atoms with van der Waals surface area (Å²) >= 11 is 0. The molecule has 2 saturated heterocycles. The summed E-state index contributed by atoms with van der Waals surface area (Å²) in [4.78, 5) is 37.9. The molecule has 2 heterocycles. The quantitative estimate of drug-likeness (QED) is 0.439. The molecule has 1 aromatic rings. The maximum absolute atomic E-state index is 12.7. The van der Waals surface area contributed by atoms with Crippen LogP contribution in [-0.4, -0.2) is 54.4 Å². The number of likely N-dealkylation sites (tertiary alicyclic amines) is 1. The molecule has 142 valence electrons. The Morgan fingerprint density at radius 1 is 0.963 bits per heavy atom. The van der Waals surface area contributed by atoms with Crippen LogP contribution in [0.15, 0.2) is 41.3 Å². The minimum Gasteiger partial charge on any atom is -0.295 e. The second-order valence-electron chi connectivity index (χ2n) is 7.26. The molecule has 0 bridgehead atoms. The number of amides is 2. The van der Waals surface area contributed by atoms with Crippen LogP contribution in [0.4, 0.5) is 0 Å². The predicted molar refractivity (Wildman–Crippen MR) is 96.2 cm³/mol. The van der Waals surface area contributed by atoms with Crippen molar-refractivity contribution in [3.05, 3.63) is 42.0 Å². The number of Topliss-reactive ketones (excluding diaryl/α,β-unsaturated/α-hetero) is 1. The topological polar surface area (TPSA) is 91.8 Å². The van der Waals surface area contributed by atoms with Crippen molar-refractivity contribution in [3.63, 3.8) is 0 Å². The molecule has 2 amide bonds. The lowest BCUT2D eigenvalue weighted by atomic mass is 9.85. The number of ketones is 1. The standard InChI is InChI=1S/C19H20N2O5S/c1-12(22)13-6-8-15(9-7-13)27(25,26)20-10-14(11-20)21-18(23)16-4-2-3-5-17(16)19(21)24/h2-3,6-9,14,16-17H,4-5,10-11H2,1H3. The van der Waals surface area contributed by atoms with Crippen molar-refractivity contribution in [1.82, 2.24) is 9.21 Å². The molecule has 1 aliphatic carbocycles. The van der Waals surface area contributed by atoms with Gasteiger partial charge < -0.3 is 0 Å². The largest absolute Gasteiger partial charge is 0.295 e. The van der Waals surface area contributed by atoms with Gasteiger partial charge in [0, 0.05) is 18.7 Å². The van der Waals surface area contributed by atoms with Crippen LogP contribution in [0.25, 0.3) is 0 Å². The van der Waals surface area contributed by atoms with Gasteiger partial charge in [0.1, 0.15) is 0 Å². The van der Waals surface area contributed by atoms with E-state index >= 15 is 0 Å². The lowest BCUT2D eigenvalue weighted by Crippen LogP contribution is -2.62. The molecule has 27 heavy (non-hydrogen) atoms. The van der Waals surface area contributed by atoms with E-state index in [-0.39, 0.29) is 47.4 Å². The number of hydrogen-bond acceptors (Lipinski definition) is 5. The first-order chi connectivity index (χ1) is 12.8. The highest BCUT2D eigenvalue weighted by Gasteiger charge is 2.53. The van der Waals surface area contributed by atoms with E-state index < -0.39 is 16.1 Å².